The normalized spacial score (nSPS) is 12.7. The Bertz CT molecular complexity index is 1320. The Morgan fingerprint density at radius 3 is 0.971 bits per heavy atom. The van der Waals surface area contributed by atoms with Crippen molar-refractivity contribution in [2.75, 3.05) is 13.2 Å². The van der Waals surface area contributed by atoms with Gasteiger partial charge in [-0.1, -0.05) is 247 Å². The van der Waals surface area contributed by atoms with Gasteiger partial charge in [0.2, 0.25) is 0 Å². The lowest BCUT2D eigenvalue weighted by Crippen LogP contribution is -2.30. The summed E-state index contributed by atoms with van der Waals surface area (Å²) >= 11 is 0. The number of carbonyl (C=O) groups excluding carboxylic acids is 3. The van der Waals surface area contributed by atoms with Crippen molar-refractivity contribution in [3.05, 3.63) is 85.1 Å². The van der Waals surface area contributed by atoms with Crippen molar-refractivity contribution in [2.45, 2.75) is 277 Å². The highest BCUT2D eigenvalue weighted by molar-refractivity contribution is 5.71. The van der Waals surface area contributed by atoms with E-state index in [4.69, 9.17) is 14.2 Å². The van der Waals surface area contributed by atoms with Crippen LogP contribution in [0.4, 0.5) is 0 Å². The van der Waals surface area contributed by atoms with E-state index in [1.165, 1.54) is 141 Å². The largest absolute Gasteiger partial charge is 0.462 e. The Balaban J connectivity index is 4.45. The molecule has 0 radical (unpaired) electrons. The highest BCUT2D eigenvalue weighted by atomic mass is 16.6. The molecule has 0 aliphatic rings. The Kier molecular flexibility index (Phi) is 53.4. The van der Waals surface area contributed by atoms with Gasteiger partial charge >= 0.3 is 17.9 Å². The van der Waals surface area contributed by atoms with E-state index in [0.717, 1.165) is 83.5 Å². The zero-order chi connectivity index (χ0) is 49.3. The maximum Gasteiger partial charge on any atom is 0.306 e. The molecule has 1 atom stereocenters. The zero-order valence-electron chi connectivity index (χ0n) is 44.6. The summed E-state index contributed by atoms with van der Waals surface area (Å²) < 4.78 is 16.8. The van der Waals surface area contributed by atoms with Crippen molar-refractivity contribution >= 4 is 17.9 Å². The monoisotopic (exact) mass is 947 g/mol. The molecule has 0 aromatic carbocycles. The van der Waals surface area contributed by atoms with Crippen molar-refractivity contribution in [3.8, 4) is 0 Å². The van der Waals surface area contributed by atoms with Gasteiger partial charge in [-0.25, -0.2) is 0 Å². The highest BCUT2D eigenvalue weighted by Gasteiger charge is 2.19. The van der Waals surface area contributed by atoms with Crippen LogP contribution in [0.2, 0.25) is 0 Å². The van der Waals surface area contributed by atoms with E-state index in [1.54, 1.807) is 0 Å². The molecule has 0 bridgehead atoms. The Morgan fingerprint density at radius 2 is 0.588 bits per heavy atom. The molecule has 0 fully saturated rings. The predicted molar refractivity (Wildman–Crippen MR) is 293 cm³/mol. The first kappa shape index (κ1) is 64.6. The predicted octanol–water partition coefficient (Wildman–Crippen LogP) is 19.2. The molecule has 0 saturated heterocycles. The molecule has 6 heteroatoms. The molecule has 0 aromatic rings. The summed E-state index contributed by atoms with van der Waals surface area (Å²) in [5, 5.41) is 0. The minimum atomic E-state index is -0.806. The molecule has 1 unspecified atom stereocenters. The van der Waals surface area contributed by atoms with E-state index in [0.29, 0.717) is 19.3 Å². The van der Waals surface area contributed by atoms with Crippen LogP contribution in [-0.2, 0) is 28.6 Å². The molecule has 0 spiro atoms. The van der Waals surface area contributed by atoms with Gasteiger partial charge in [0.1, 0.15) is 13.2 Å². The summed E-state index contributed by atoms with van der Waals surface area (Å²) in [6.07, 6.45) is 72.9. The molecule has 6 nitrogen and oxygen atoms in total. The molecule has 0 N–H and O–H groups in total. The number of hydrogen-bond donors (Lipinski definition) is 0. The molecular weight excluding hydrogens is 841 g/mol. The fourth-order valence-electron chi connectivity index (χ4n) is 7.86. The standard InChI is InChI=1S/C62H106O6/c1-4-7-10-13-16-19-22-25-28-30-31-33-34-37-40-43-46-49-52-55-61(64)67-58-59(57-66-60(63)54-51-48-45-42-39-36-27-24-21-18-15-12-9-6-3)68-62(65)56-53-50-47-44-41-38-35-32-29-26-23-20-17-14-11-8-5-2/h7,10,16-17,19-20,25-26,28-29,35,38,44,47,59H,4-6,8-9,11-15,18,21-24,27,30-34,36-37,39-43,45-46,48-58H2,1-3H3/b10-7-,19-16-,20-17-,28-25-,29-26-,38-35-,47-44-. The fraction of sp³-hybridized carbons (Fsp3) is 0.726. The molecule has 0 saturated carbocycles. The van der Waals surface area contributed by atoms with Crippen molar-refractivity contribution in [1.82, 2.24) is 0 Å². The Labute approximate surface area is 420 Å². The van der Waals surface area contributed by atoms with Crippen LogP contribution in [-0.4, -0.2) is 37.2 Å². The van der Waals surface area contributed by atoms with Crippen molar-refractivity contribution < 1.29 is 28.6 Å². The minimum Gasteiger partial charge on any atom is -0.462 e. The summed E-state index contributed by atoms with van der Waals surface area (Å²) in [7, 11) is 0. The van der Waals surface area contributed by atoms with Crippen LogP contribution < -0.4 is 0 Å². The van der Waals surface area contributed by atoms with Crippen LogP contribution in [0.3, 0.4) is 0 Å². The Hall–Kier alpha value is -3.41. The highest BCUT2D eigenvalue weighted by Crippen LogP contribution is 2.15. The zero-order valence-corrected chi connectivity index (χ0v) is 44.6. The average molecular weight is 948 g/mol. The van der Waals surface area contributed by atoms with E-state index >= 15 is 0 Å². The topological polar surface area (TPSA) is 78.9 Å². The van der Waals surface area contributed by atoms with Gasteiger partial charge in [-0.2, -0.15) is 0 Å². The van der Waals surface area contributed by atoms with Crippen LogP contribution in [0.1, 0.15) is 271 Å². The summed E-state index contributed by atoms with van der Waals surface area (Å²) in [6, 6.07) is 0. The van der Waals surface area contributed by atoms with Gasteiger partial charge in [-0.3, -0.25) is 14.4 Å². The molecule has 0 amide bonds. The average Bonchev–Trinajstić information content (AvgIpc) is 3.34. The van der Waals surface area contributed by atoms with Gasteiger partial charge in [0, 0.05) is 19.3 Å². The number of allylic oxidation sites excluding steroid dienone is 14. The second kappa shape index (κ2) is 56.2. The molecule has 0 aromatic heterocycles. The fourth-order valence-corrected chi connectivity index (χ4v) is 7.86. The van der Waals surface area contributed by atoms with Gasteiger partial charge in [-0.05, 0) is 89.9 Å². The SMILES string of the molecule is CC/C=C\C/C=C\C/C=C\CCCCCCCCCCCC(=O)OCC(COC(=O)CCCCCCCCCCCCCCCC)OC(=O)CCC/C=C\C/C=C\C/C=C\C/C=C\CCCCC. The maximum atomic E-state index is 12.8. The number of esters is 3. The van der Waals surface area contributed by atoms with Gasteiger partial charge in [-0.15, -0.1) is 0 Å². The van der Waals surface area contributed by atoms with Crippen LogP contribution in [0.25, 0.3) is 0 Å². The molecule has 0 aliphatic carbocycles. The van der Waals surface area contributed by atoms with Gasteiger partial charge in [0.15, 0.2) is 6.10 Å². The summed E-state index contributed by atoms with van der Waals surface area (Å²) in [6.45, 7) is 6.47. The summed E-state index contributed by atoms with van der Waals surface area (Å²) in [5.74, 6) is -0.953. The van der Waals surface area contributed by atoms with E-state index in [-0.39, 0.29) is 37.5 Å². The second-order valence-electron chi connectivity index (χ2n) is 18.8. The molecule has 0 rings (SSSR count). The van der Waals surface area contributed by atoms with Crippen molar-refractivity contribution in [3.63, 3.8) is 0 Å². The molecule has 0 heterocycles. The van der Waals surface area contributed by atoms with Crippen molar-refractivity contribution in [1.29, 1.82) is 0 Å². The smallest absolute Gasteiger partial charge is 0.306 e. The summed E-state index contributed by atoms with van der Waals surface area (Å²) in [5.41, 5.74) is 0. The molecular formula is C62H106O6. The quantitative estimate of drug-likeness (QED) is 0.0262. The first-order valence-electron chi connectivity index (χ1n) is 28.6. The third-order valence-electron chi connectivity index (χ3n) is 12.1. The lowest BCUT2D eigenvalue weighted by Gasteiger charge is -2.18. The first-order chi connectivity index (χ1) is 33.5. The lowest BCUT2D eigenvalue weighted by molar-refractivity contribution is -0.167. The van der Waals surface area contributed by atoms with Crippen molar-refractivity contribution in [2.24, 2.45) is 0 Å². The van der Waals surface area contributed by atoms with E-state index < -0.39 is 6.10 Å². The Morgan fingerprint density at radius 1 is 0.309 bits per heavy atom. The third kappa shape index (κ3) is 53.5. The van der Waals surface area contributed by atoms with Crippen LogP contribution in [0.5, 0.6) is 0 Å². The van der Waals surface area contributed by atoms with E-state index in [1.807, 2.05) is 0 Å². The van der Waals surface area contributed by atoms with E-state index in [2.05, 4.69) is 106 Å². The lowest BCUT2D eigenvalue weighted by atomic mass is 10.0. The number of rotatable bonds is 51. The third-order valence-corrected chi connectivity index (χ3v) is 12.1. The number of ether oxygens (including phenoxy) is 3. The first-order valence-corrected chi connectivity index (χ1v) is 28.6. The number of unbranched alkanes of at least 4 members (excludes halogenated alkanes) is 26. The van der Waals surface area contributed by atoms with Crippen LogP contribution >= 0.6 is 0 Å². The second-order valence-corrected chi connectivity index (χ2v) is 18.8. The molecule has 0 aliphatic heterocycles. The molecule has 390 valence electrons. The minimum absolute atomic E-state index is 0.0979. The van der Waals surface area contributed by atoms with Crippen LogP contribution in [0, 0.1) is 0 Å². The number of hydrogen-bond acceptors (Lipinski definition) is 6. The van der Waals surface area contributed by atoms with E-state index in [9.17, 15) is 14.4 Å². The molecule has 68 heavy (non-hydrogen) atoms. The van der Waals surface area contributed by atoms with Gasteiger partial charge in [0.25, 0.3) is 0 Å². The maximum absolute atomic E-state index is 12.8. The van der Waals surface area contributed by atoms with Gasteiger partial charge in [0.05, 0.1) is 0 Å². The van der Waals surface area contributed by atoms with Gasteiger partial charge < -0.3 is 14.2 Å². The summed E-state index contributed by atoms with van der Waals surface area (Å²) in [4.78, 5) is 38.1. The van der Waals surface area contributed by atoms with Crippen LogP contribution in [0.15, 0.2) is 85.1 Å². The number of carbonyl (C=O) groups is 3.